The summed E-state index contributed by atoms with van der Waals surface area (Å²) in [6.45, 7) is 1.94. The van der Waals surface area contributed by atoms with E-state index in [1.807, 2.05) is 6.92 Å². The summed E-state index contributed by atoms with van der Waals surface area (Å²) in [6.07, 6.45) is 0.696. The predicted molar refractivity (Wildman–Crippen MR) is 75.5 cm³/mol. The van der Waals surface area contributed by atoms with Gasteiger partial charge in [-0.2, -0.15) is 0 Å². The van der Waals surface area contributed by atoms with Crippen LogP contribution in [0.1, 0.15) is 12.6 Å². The van der Waals surface area contributed by atoms with Crippen molar-refractivity contribution in [2.45, 2.75) is 13.3 Å². The van der Waals surface area contributed by atoms with E-state index in [0.717, 1.165) is 11.4 Å². The molecule has 1 aromatic heterocycles. The minimum absolute atomic E-state index is 0.186. The minimum Gasteiger partial charge on any atom is -0.495 e. The van der Waals surface area contributed by atoms with Crippen LogP contribution in [0.5, 0.6) is 5.75 Å². The highest BCUT2D eigenvalue weighted by molar-refractivity contribution is 6.32. The number of halogens is 1. The van der Waals surface area contributed by atoms with Gasteiger partial charge in [0.05, 0.1) is 12.1 Å². The third-order valence-corrected chi connectivity index (χ3v) is 2.87. The molecule has 0 saturated carbocycles. The molecule has 5 nitrogen and oxygen atoms in total. The lowest BCUT2D eigenvalue weighted by molar-refractivity contribution is 0.415. The first-order chi connectivity index (χ1) is 9.12. The normalized spacial score (nSPS) is 10.3. The molecular weight excluding hydrogens is 266 g/mol. The SMILES string of the molecule is CCc1cc(=O)[nH]c(Nc2ccc(OC)c(Cl)c2)n1. The molecule has 0 unspecified atom stereocenters. The van der Waals surface area contributed by atoms with Crippen molar-refractivity contribution in [1.82, 2.24) is 9.97 Å². The number of benzene rings is 1. The topological polar surface area (TPSA) is 67.0 Å². The summed E-state index contributed by atoms with van der Waals surface area (Å²) in [7, 11) is 1.55. The molecular formula is C13H14ClN3O2. The van der Waals surface area contributed by atoms with E-state index in [4.69, 9.17) is 16.3 Å². The molecule has 0 aliphatic rings. The summed E-state index contributed by atoms with van der Waals surface area (Å²) in [5, 5.41) is 3.49. The maximum Gasteiger partial charge on any atom is 0.252 e. The van der Waals surface area contributed by atoms with Crippen molar-refractivity contribution in [3.8, 4) is 5.75 Å². The van der Waals surface area contributed by atoms with E-state index in [-0.39, 0.29) is 5.56 Å². The summed E-state index contributed by atoms with van der Waals surface area (Å²) in [4.78, 5) is 18.4. The maximum absolute atomic E-state index is 11.4. The quantitative estimate of drug-likeness (QED) is 0.903. The van der Waals surface area contributed by atoms with Crippen LogP contribution in [0.15, 0.2) is 29.1 Å². The molecule has 0 aliphatic carbocycles. The van der Waals surface area contributed by atoms with Gasteiger partial charge in [-0.1, -0.05) is 18.5 Å². The molecule has 0 spiro atoms. The molecule has 2 rings (SSSR count). The van der Waals surface area contributed by atoms with Gasteiger partial charge in [0, 0.05) is 17.4 Å². The average Bonchev–Trinajstić information content (AvgIpc) is 2.38. The van der Waals surface area contributed by atoms with Gasteiger partial charge in [0.15, 0.2) is 0 Å². The van der Waals surface area contributed by atoms with Gasteiger partial charge in [-0.25, -0.2) is 4.98 Å². The van der Waals surface area contributed by atoms with Crippen LogP contribution in [0, 0.1) is 0 Å². The first kappa shape index (κ1) is 13.4. The lowest BCUT2D eigenvalue weighted by Crippen LogP contribution is -2.11. The molecule has 100 valence electrons. The number of aryl methyl sites for hydroxylation is 1. The van der Waals surface area contributed by atoms with E-state index >= 15 is 0 Å². The van der Waals surface area contributed by atoms with E-state index in [9.17, 15) is 4.79 Å². The first-order valence-corrected chi connectivity index (χ1v) is 6.21. The molecule has 0 aliphatic heterocycles. The Labute approximate surface area is 115 Å². The predicted octanol–water partition coefficient (Wildman–Crippen LogP) is 2.74. The number of methoxy groups -OCH3 is 1. The highest BCUT2D eigenvalue weighted by atomic mass is 35.5. The van der Waals surface area contributed by atoms with Crippen molar-refractivity contribution < 1.29 is 4.74 Å². The Bertz CT molecular complexity index is 640. The fraction of sp³-hybridized carbons (Fsp3) is 0.231. The molecule has 19 heavy (non-hydrogen) atoms. The molecule has 0 bridgehead atoms. The Morgan fingerprint density at radius 1 is 1.42 bits per heavy atom. The van der Waals surface area contributed by atoms with Gasteiger partial charge in [0.2, 0.25) is 5.95 Å². The monoisotopic (exact) mass is 279 g/mol. The molecule has 2 aromatic rings. The number of ether oxygens (including phenoxy) is 1. The van der Waals surface area contributed by atoms with Crippen LogP contribution in [0.4, 0.5) is 11.6 Å². The van der Waals surface area contributed by atoms with E-state index < -0.39 is 0 Å². The zero-order valence-electron chi connectivity index (χ0n) is 10.7. The summed E-state index contributed by atoms with van der Waals surface area (Å²) in [5.41, 5.74) is 1.27. The standard InChI is InChI=1S/C13H14ClN3O2/c1-3-8-7-12(18)17-13(15-8)16-9-4-5-11(19-2)10(14)6-9/h4-7H,3H2,1-2H3,(H2,15,16,17,18). The van der Waals surface area contributed by atoms with Crippen molar-refractivity contribution in [3.05, 3.63) is 45.3 Å². The summed E-state index contributed by atoms with van der Waals surface area (Å²) >= 11 is 6.03. The zero-order valence-corrected chi connectivity index (χ0v) is 11.4. The Morgan fingerprint density at radius 2 is 2.21 bits per heavy atom. The van der Waals surface area contributed by atoms with Crippen LogP contribution in [-0.4, -0.2) is 17.1 Å². The number of anilines is 2. The maximum atomic E-state index is 11.4. The molecule has 1 heterocycles. The van der Waals surface area contributed by atoms with Gasteiger partial charge >= 0.3 is 0 Å². The first-order valence-electron chi connectivity index (χ1n) is 5.83. The average molecular weight is 280 g/mol. The highest BCUT2D eigenvalue weighted by Crippen LogP contribution is 2.28. The van der Waals surface area contributed by atoms with Gasteiger partial charge in [-0.3, -0.25) is 9.78 Å². The molecule has 0 atom stereocenters. The van der Waals surface area contributed by atoms with Crippen LogP contribution >= 0.6 is 11.6 Å². The summed E-state index contributed by atoms with van der Waals surface area (Å²) in [5.74, 6) is 0.988. The van der Waals surface area contributed by atoms with Gasteiger partial charge in [-0.15, -0.1) is 0 Å². The smallest absolute Gasteiger partial charge is 0.252 e. The fourth-order valence-electron chi connectivity index (χ4n) is 1.63. The minimum atomic E-state index is -0.186. The summed E-state index contributed by atoms with van der Waals surface area (Å²) in [6, 6.07) is 6.72. The molecule has 6 heteroatoms. The van der Waals surface area contributed by atoms with Crippen LogP contribution in [0.3, 0.4) is 0 Å². The molecule has 0 radical (unpaired) electrons. The van der Waals surface area contributed by atoms with E-state index in [2.05, 4.69) is 15.3 Å². The van der Waals surface area contributed by atoms with Gasteiger partial charge in [0.25, 0.3) is 5.56 Å². The lowest BCUT2D eigenvalue weighted by atomic mass is 10.3. The number of nitrogens with zero attached hydrogens (tertiary/aromatic N) is 1. The number of hydrogen-bond donors (Lipinski definition) is 2. The second kappa shape index (κ2) is 5.75. The van der Waals surface area contributed by atoms with E-state index in [1.54, 1.807) is 25.3 Å². The lowest BCUT2D eigenvalue weighted by Gasteiger charge is -2.08. The molecule has 2 N–H and O–H groups in total. The fourth-order valence-corrected chi connectivity index (χ4v) is 1.89. The molecule has 0 saturated heterocycles. The second-order valence-electron chi connectivity index (χ2n) is 3.91. The number of hydrogen-bond acceptors (Lipinski definition) is 4. The number of aromatic amines is 1. The van der Waals surface area contributed by atoms with E-state index in [0.29, 0.717) is 23.1 Å². The number of aromatic nitrogens is 2. The van der Waals surface area contributed by atoms with Gasteiger partial charge in [0.1, 0.15) is 5.75 Å². The molecule has 0 amide bonds. The van der Waals surface area contributed by atoms with Crippen molar-refractivity contribution in [3.63, 3.8) is 0 Å². The van der Waals surface area contributed by atoms with Crippen molar-refractivity contribution in [1.29, 1.82) is 0 Å². The second-order valence-corrected chi connectivity index (χ2v) is 4.32. The van der Waals surface area contributed by atoms with Gasteiger partial charge in [-0.05, 0) is 24.6 Å². The largest absolute Gasteiger partial charge is 0.495 e. The number of H-pyrrole nitrogens is 1. The zero-order chi connectivity index (χ0) is 13.8. The highest BCUT2D eigenvalue weighted by Gasteiger charge is 2.04. The van der Waals surface area contributed by atoms with Crippen LogP contribution in [-0.2, 0) is 6.42 Å². The van der Waals surface area contributed by atoms with Crippen LogP contribution in [0.2, 0.25) is 5.02 Å². The van der Waals surface area contributed by atoms with Gasteiger partial charge < -0.3 is 10.1 Å². The number of nitrogens with one attached hydrogen (secondary N) is 2. The summed E-state index contributed by atoms with van der Waals surface area (Å²) < 4.78 is 5.07. The van der Waals surface area contributed by atoms with Crippen molar-refractivity contribution in [2.75, 3.05) is 12.4 Å². The Hall–Kier alpha value is -2.01. The Morgan fingerprint density at radius 3 is 2.84 bits per heavy atom. The van der Waals surface area contributed by atoms with Crippen molar-refractivity contribution in [2.24, 2.45) is 0 Å². The Kier molecular flexibility index (Phi) is 4.06. The number of rotatable bonds is 4. The Balaban J connectivity index is 2.28. The molecule has 1 aromatic carbocycles. The molecule has 0 fully saturated rings. The van der Waals surface area contributed by atoms with Crippen molar-refractivity contribution >= 4 is 23.2 Å². The van der Waals surface area contributed by atoms with Crippen LogP contribution < -0.4 is 15.6 Å². The third kappa shape index (κ3) is 3.26. The third-order valence-electron chi connectivity index (χ3n) is 2.57. The van der Waals surface area contributed by atoms with Crippen LogP contribution in [0.25, 0.3) is 0 Å². The van der Waals surface area contributed by atoms with E-state index in [1.165, 1.54) is 6.07 Å².